The first-order chi connectivity index (χ1) is 21.0. The van der Waals surface area contributed by atoms with Gasteiger partial charge in [-0.2, -0.15) is 0 Å². The predicted molar refractivity (Wildman–Crippen MR) is 170 cm³/mol. The summed E-state index contributed by atoms with van der Waals surface area (Å²) in [6.45, 7) is 0. The number of hydrogen-bond donors (Lipinski definition) is 4. The number of anilines is 2. The standard InChI is InChI=1S/C33H33N5O5S/c1-43-30(39)21-33(32(40)37-25-16-14-22(15-17-25)27-12-5-6-13-29(27)44(36,41)42)19-18-28(23-8-3-2-4-9-23)38(33)26-11-7-10-24(20-26)31(34)35/h2-17,20,28H,18-19,21H2,1H3,(H3,34,35)(H,37,40)(H2,36,41,42). The molecule has 226 valence electrons. The number of carbonyl (C=O) groups excluding carboxylic acids is 2. The van der Waals surface area contributed by atoms with E-state index in [0.717, 1.165) is 5.56 Å². The Morgan fingerprint density at radius 2 is 1.66 bits per heavy atom. The monoisotopic (exact) mass is 611 g/mol. The zero-order valence-corrected chi connectivity index (χ0v) is 24.9. The van der Waals surface area contributed by atoms with Gasteiger partial charge in [-0.25, -0.2) is 13.6 Å². The van der Waals surface area contributed by atoms with Crippen molar-refractivity contribution >= 4 is 39.1 Å². The Balaban J connectivity index is 1.55. The molecule has 4 aromatic carbocycles. The largest absolute Gasteiger partial charge is 0.469 e. The van der Waals surface area contributed by atoms with E-state index in [1.807, 2.05) is 41.3 Å². The number of sulfonamides is 1. The Bertz CT molecular complexity index is 1810. The zero-order chi connectivity index (χ0) is 31.5. The molecular formula is C33H33N5O5S. The van der Waals surface area contributed by atoms with Crippen molar-refractivity contribution in [1.82, 2.24) is 0 Å². The van der Waals surface area contributed by atoms with Crippen LogP contribution in [0, 0.1) is 5.41 Å². The number of ether oxygens (including phenoxy) is 1. The number of rotatable bonds is 9. The van der Waals surface area contributed by atoms with E-state index in [-0.39, 0.29) is 23.2 Å². The van der Waals surface area contributed by atoms with Crippen molar-refractivity contribution in [2.45, 2.75) is 35.7 Å². The van der Waals surface area contributed by atoms with Crippen LogP contribution in [0.25, 0.3) is 11.1 Å². The van der Waals surface area contributed by atoms with Crippen LogP contribution in [0.5, 0.6) is 0 Å². The molecule has 4 aromatic rings. The normalized spacial score (nSPS) is 18.0. The average molecular weight is 612 g/mol. The smallest absolute Gasteiger partial charge is 0.308 e. The van der Waals surface area contributed by atoms with Crippen LogP contribution < -0.4 is 21.1 Å². The summed E-state index contributed by atoms with van der Waals surface area (Å²) in [5, 5.41) is 16.4. The number of nitrogens with two attached hydrogens (primary N) is 2. The highest BCUT2D eigenvalue weighted by molar-refractivity contribution is 7.89. The molecule has 10 nitrogen and oxygen atoms in total. The van der Waals surface area contributed by atoms with Gasteiger partial charge in [-0.15, -0.1) is 0 Å². The van der Waals surface area contributed by atoms with Crippen LogP contribution in [0.1, 0.15) is 36.4 Å². The Kier molecular flexibility index (Phi) is 8.52. The second kappa shape index (κ2) is 12.3. The maximum Gasteiger partial charge on any atom is 0.308 e. The number of amides is 1. The van der Waals surface area contributed by atoms with E-state index in [1.165, 1.54) is 13.2 Å². The summed E-state index contributed by atoms with van der Waals surface area (Å²) in [6.07, 6.45) is 0.697. The number of benzene rings is 4. The van der Waals surface area contributed by atoms with E-state index in [2.05, 4.69) is 5.32 Å². The summed E-state index contributed by atoms with van der Waals surface area (Å²) in [5.41, 5.74) is 8.06. The van der Waals surface area contributed by atoms with Gasteiger partial charge in [0.25, 0.3) is 5.91 Å². The van der Waals surface area contributed by atoms with Gasteiger partial charge in [-0.05, 0) is 54.3 Å². The SMILES string of the molecule is COC(=O)CC1(C(=O)Nc2ccc(-c3ccccc3S(N)(=O)=O)cc2)CCC(c2ccccc2)N1c1cccc(C(=N)N)c1. The molecule has 1 amide bonds. The number of esters is 1. The summed E-state index contributed by atoms with van der Waals surface area (Å²) in [7, 11) is -2.67. The molecule has 0 bridgehead atoms. The van der Waals surface area contributed by atoms with Gasteiger partial charge in [-0.1, -0.05) is 72.8 Å². The van der Waals surface area contributed by atoms with Crippen LogP contribution in [0.3, 0.4) is 0 Å². The number of nitrogens with zero attached hydrogens (tertiary/aromatic N) is 1. The number of carbonyl (C=O) groups is 2. The van der Waals surface area contributed by atoms with E-state index in [4.69, 9.17) is 21.0 Å². The van der Waals surface area contributed by atoms with Crippen LogP contribution in [-0.4, -0.2) is 38.8 Å². The van der Waals surface area contributed by atoms with Crippen LogP contribution in [0.4, 0.5) is 11.4 Å². The summed E-state index contributed by atoms with van der Waals surface area (Å²) < 4.78 is 29.3. The Morgan fingerprint density at radius 3 is 2.32 bits per heavy atom. The van der Waals surface area contributed by atoms with Crippen LogP contribution in [-0.2, 0) is 24.3 Å². The Morgan fingerprint density at radius 1 is 0.977 bits per heavy atom. The lowest BCUT2D eigenvalue weighted by atomic mass is 9.89. The predicted octanol–water partition coefficient (Wildman–Crippen LogP) is 4.57. The van der Waals surface area contributed by atoms with Crippen molar-refractivity contribution in [3.63, 3.8) is 0 Å². The zero-order valence-electron chi connectivity index (χ0n) is 24.1. The molecule has 2 unspecified atom stereocenters. The third kappa shape index (κ3) is 6.05. The van der Waals surface area contributed by atoms with Gasteiger partial charge >= 0.3 is 5.97 Å². The molecule has 1 fully saturated rings. The van der Waals surface area contributed by atoms with Crippen molar-refractivity contribution in [2.75, 3.05) is 17.3 Å². The molecule has 0 saturated carbocycles. The Labute approximate surface area is 256 Å². The molecule has 44 heavy (non-hydrogen) atoms. The summed E-state index contributed by atoms with van der Waals surface area (Å²) in [5.74, 6) is -1.07. The quantitative estimate of drug-likeness (QED) is 0.122. The molecule has 1 aliphatic heterocycles. The lowest BCUT2D eigenvalue weighted by molar-refractivity contribution is -0.144. The van der Waals surface area contributed by atoms with Crippen LogP contribution in [0.2, 0.25) is 0 Å². The van der Waals surface area contributed by atoms with Gasteiger partial charge in [0.1, 0.15) is 11.4 Å². The molecule has 1 heterocycles. The molecule has 0 aliphatic carbocycles. The topological polar surface area (TPSA) is 169 Å². The number of amidine groups is 1. The number of nitrogen functional groups attached to an aromatic ring is 1. The molecule has 1 saturated heterocycles. The number of primary sulfonamides is 1. The Hall–Kier alpha value is -5.00. The molecule has 5 rings (SSSR count). The van der Waals surface area contributed by atoms with Gasteiger partial charge in [0.2, 0.25) is 10.0 Å². The molecule has 1 aliphatic rings. The summed E-state index contributed by atoms with van der Waals surface area (Å²) in [6, 6.07) is 29.7. The molecule has 0 radical (unpaired) electrons. The van der Waals surface area contributed by atoms with E-state index >= 15 is 0 Å². The van der Waals surface area contributed by atoms with Gasteiger partial charge in [0, 0.05) is 22.5 Å². The van der Waals surface area contributed by atoms with Crippen molar-refractivity contribution in [3.05, 3.63) is 114 Å². The summed E-state index contributed by atoms with van der Waals surface area (Å²) in [4.78, 5) is 29.2. The second-order valence-corrected chi connectivity index (χ2v) is 12.2. The first-order valence-corrected chi connectivity index (χ1v) is 15.5. The second-order valence-electron chi connectivity index (χ2n) is 10.7. The van der Waals surface area contributed by atoms with Crippen molar-refractivity contribution in [2.24, 2.45) is 10.9 Å². The fraction of sp³-hybridized carbons (Fsp3) is 0.182. The van der Waals surface area contributed by atoms with Crippen molar-refractivity contribution < 1.29 is 22.7 Å². The highest BCUT2D eigenvalue weighted by Gasteiger charge is 2.53. The van der Waals surface area contributed by atoms with Crippen LogP contribution >= 0.6 is 0 Å². The van der Waals surface area contributed by atoms with Gasteiger partial charge in [0.15, 0.2) is 0 Å². The number of nitrogens with one attached hydrogen (secondary N) is 2. The fourth-order valence-electron chi connectivity index (χ4n) is 5.89. The maximum atomic E-state index is 14.4. The highest BCUT2D eigenvalue weighted by Crippen LogP contribution is 2.48. The molecular weight excluding hydrogens is 578 g/mol. The molecule has 0 aromatic heterocycles. The highest BCUT2D eigenvalue weighted by atomic mass is 32.2. The minimum Gasteiger partial charge on any atom is -0.469 e. The first-order valence-electron chi connectivity index (χ1n) is 13.9. The molecule has 0 spiro atoms. The third-order valence-corrected chi connectivity index (χ3v) is 8.93. The molecule has 6 N–H and O–H groups in total. The fourth-order valence-corrected chi connectivity index (χ4v) is 6.65. The lowest BCUT2D eigenvalue weighted by Crippen LogP contribution is -2.55. The average Bonchev–Trinajstić information content (AvgIpc) is 3.41. The van der Waals surface area contributed by atoms with Gasteiger partial charge in [0.05, 0.1) is 24.5 Å². The maximum absolute atomic E-state index is 14.4. The third-order valence-electron chi connectivity index (χ3n) is 7.96. The van der Waals surface area contributed by atoms with E-state index < -0.39 is 27.4 Å². The number of hydrogen-bond acceptors (Lipinski definition) is 7. The van der Waals surface area contributed by atoms with Gasteiger partial charge < -0.3 is 20.7 Å². The first kappa shape index (κ1) is 30.5. The van der Waals surface area contributed by atoms with E-state index in [0.29, 0.717) is 40.9 Å². The minimum atomic E-state index is -3.95. The molecule has 2 atom stereocenters. The minimum absolute atomic E-state index is 0.00448. The number of methoxy groups -OCH3 is 1. The van der Waals surface area contributed by atoms with Crippen molar-refractivity contribution in [3.8, 4) is 11.1 Å². The van der Waals surface area contributed by atoms with E-state index in [9.17, 15) is 18.0 Å². The summed E-state index contributed by atoms with van der Waals surface area (Å²) >= 11 is 0. The van der Waals surface area contributed by atoms with E-state index in [1.54, 1.807) is 60.7 Å². The molecule has 11 heteroatoms. The van der Waals surface area contributed by atoms with Crippen LogP contribution in [0.15, 0.2) is 108 Å². The van der Waals surface area contributed by atoms with Crippen molar-refractivity contribution in [1.29, 1.82) is 5.41 Å². The lowest BCUT2D eigenvalue weighted by Gasteiger charge is -2.41. The van der Waals surface area contributed by atoms with Gasteiger partial charge in [-0.3, -0.25) is 15.0 Å².